The fourth-order valence-corrected chi connectivity index (χ4v) is 2.09. The molecule has 0 bridgehead atoms. The largest absolute Gasteiger partial charge is 0.353 e. The maximum atomic E-state index is 4.51. The first kappa shape index (κ1) is 13.1. The fourth-order valence-electron chi connectivity index (χ4n) is 1.83. The van der Waals surface area contributed by atoms with Gasteiger partial charge in [0.05, 0.1) is 12.2 Å². The molecule has 0 unspecified atom stereocenters. The first-order valence-electron chi connectivity index (χ1n) is 6.09. The average Bonchev–Trinajstić information content (AvgIpc) is 2.61. The summed E-state index contributed by atoms with van der Waals surface area (Å²) in [6.45, 7) is 7.09. The molecule has 4 heteroatoms. The van der Waals surface area contributed by atoms with Gasteiger partial charge in [0, 0.05) is 16.7 Å². The van der Waals surface area contributed by atoms with Gasteiger partial charge in [0.25, 0.3) is 0 Å². The first-order valence-corrected chi connectivity index (χ1v) is 6.88. The van der Waals surface area contributed by atoms with Crippen molar-refractivity contribution in [3.63, 3.8) is 0 Å². The van der Waals surface area contributed by atoms with Crippen LogP contribution in [0.25, 0.3) is 0 Å². The van der Waals surface area contributed by atoms with Crippen molar-refractivity contribution in [3.8, 4) is 0 Å². The van der Waals surface area contributed by atoms with E-state index in [1.165, 1.54) is 5.56 Å². The van der Waals surface area contributed by atoms with Gasteiger partial charge in [0.1, 0.15) is 0 Å². The molecule has 0 radical (unpaired) electrons. The Morgan fingerprint density at radius 1 is 1.28 bits per heavy atom. The summed E-state index contributed by atoms with van der Waals surface area (Å²) >= 11 is 3.45. The van der Waals surface area contributed by atoms with Crippen LogP contribution in [0.2, 0.25) is 0 Å². The highest BCUT2D eigenvalue weighted by Gasteiger charge is 2.07. The SMILES string of the molecule is Cc1cn(Cc2ccc(Br)cc2)c(NC(C)C)n1. The Morgan fingerprint density at radius 2 is 1.94 bits per heavy atom. The molecule has 0 spiro atoms. The summed E-state index contributed by atoms with van der Waals surface area (Å²) in [5, 5.41) is 3.37. The number of hydrogen-bond acceptors (Lipinski definition) is 2. The van der Waals surface area contributed by atoms with Crippen LogP contribution in [-0.4, -0.2) is 15.6 Å². The van der Waals surface area contributed by atoms with E-state index < -0.39 is 0 Å². The molecule has 1 heterocycles. The molecule has 0 fully saturated rings. The number of benzene rings is 1. The lowest BCUT2D eigenvalue weighted by Gasteiger charge is -2.12. The topological polar surface area (TPSA) is 29.9 Å². The summed E-state index contributed by atoms with van der Waals surface area (Å²) in [5.41, 5.74) is 2.30. The van der Waals surface area contributed by atoms with Gasteiger partial charge in [0.15, 0.2) is 0 Å². The molecule has 1 aromatic carbocycles. The Morgan fingerprint density at radius 3 is 2.56 bits per heavy atom. The number of hydrogen-bond donors (Lipinski definition) is 1. The summed E-state index contributed by atoms with van der Waals surface area (Å²) in [4.78, 5) is 4.51. The molecule has 1 N–H and O–H groups in total. The van der Waals surface area contributed by atoms with E-state index in [2.05, 4.69) is 75.1 Å². The molecule has 2 aromatic rings. The van der Waals surface area contributed by atoms with Gasteiger partial charge in [-0.05, 0) is 38.5 Å². The van der Waals surface area contributed by atoms with Crippen LogP contribution in [0.5, 0.6) is 0 Å². The van der Waals surface area contributed by atoms with Crippen LogP contribution in [0.15, 0.2) is 34.9 Å². The summed E-state index contributed by atoms with van der Waals surface area (Å²) in [6, 6.07) is 8.76. The molecule has 1 aromatic heterocycles. The number of nitrogens with zero attached hydrogens (tertiary/aromatic N) is 2. The van der Waals surface area contributed by atoms with Crippen LogP contribution in [0.3, 0.4) is 0 Å². The number of anilines is 1. The van der Waals surface area contributed by atoms with E-state index in [1.807, 2.05) is 6.92 Å². The van der Waals surface area contributed by atoms with Crippen molar-refractivity contribution >= 4 is 21.9 Å². The van der Waals surface area contributed by atoms with E-state index in [0.717, 1.165) is 22.7 Å². The molecule has 0 aliphatic heterocycles. The van der Waals surface area contributed by atoms with Crippen LogP contribution in [0.4, 0.5) is 5.95 Å². The second-order valence-electron chi connectivity index (χ2n) is 4.76. The zero-order valence-electron chi connectivity index (χ0n) is 10.9. The van der Waals surface area contributed by atoms with Gasteiger partial charge in [-0.15, -0.1) is 0 Å². The third-order valence-corrected chi connectivity index (χ3v) is 3.11. The van der Waals surface area contributed by atoms with Gasteiger partial charge in [0.2, 0.25) is 5.95 Å². The molecular formula is C14H18BrN3. The van der Waals surface area contributed by atoms with Gasteiger partial charge >= 0.3 is 0 Å². The van der Waals surface area contributed by atoms with Crippen molar-refractivity contribution in [1.29, 1.82) is 0 Å². The van der Waals surface area contributed by atoms with Crippen molar-refractivity contribution in [2.45, 2.75) is 33.4 Å². The second-order valence-corrected chi connectivity index (χ2v) is 5.67. The Bertz CT molecular complexity index is 514. The molecule has 18 heavy (non-hydrogen) atoms. The predicted molar refractivity (Wildman–Crippen MR) is 79.0 cm³/mol. The monoisotopic (exact) mass is 307 g/mol. The Labute approximate surface area is 116 Å². The molecule has 96 valence electrons. The van der Waals surface area contributed by atoms with Gasteiger partial charge < -0.3 is 9.88 Å². The molecule has 0 saturated heterocycles. The van der Waals surface area contributed by atoms with E-state index in [-0.39, 0.29) is 0 Å². The Hall–Kier alpha value is -1.29. The zero-order valence-corrected chi connectivity index (χ0v) is 12.5. The minimum absolute atomic E-state index is 0.385. The highest BCUT2D eigenvalue weighted by molar-refractivity contribution is 9.10. The van der Waals surface area contributed by atoms with E-state index in [0.29, 0.717) is 6.04 Å². The summed E-state index contributed by atoms with van der Waals surface area (Å²) in [7, 11) is 0. The van der Waals surface area contributed by atoms with Crippen molar-refractivity contribution in [3.05, 3.63) is 46.2 Å². The first-order chi connectivity index (χ1) is 8.54. The Balaban J connectivity index is 2.20. The van der Waals surface area contributed by atoms with E-state index >= 15 is 0 Å². The lowest BCUT2D eigenvalue weighted by atomic mass is 10.2. The van der Waals surface area contributed by atoms with Crippen LogP contribution in [0.1, 0.15) is 25.1 Å². The smallest absolute Gasteiger partial charge is 0.203 e. The number of nitrogens with one attached hydrogen (secondary N) is 1. The Kier molecular flexibility index (Phi) is 4.07. The quantitative estimate of drug-likeness (QED) is 0.930. The van der Waals surface area contributed by atoms with Crippen LogP contribution in [0, 0.1) is 6.92 Å². The molecule has 0 aliphatic carbocycles. The second kappa shape index (κ2) is 5.57. The molecule has 3 nitrogen and oxygen atoms in total. The maximum Gasteiger partial charge on any atom is 0.203 e. The lowest BCUT2D eigenvalue weighted by Crippen LogP contribution is -2.14. The van der Waals surface area contributed by atoms with E-state index in [4.69, 9.17) is 0 Å². The molecule has 0 aliphatic rings. The van der Waals surface area contributed by atoms with Crippen LogP contribution in [-0.2, 0) is 6.54 Å². The summed E-state index contributed by atoms with van der Waals surface area (Å²) < 4.78 is 3.26. The van der Waals surface area contributed by atoms with Crippen molar-refractivity contribution < 1.29 is 0 Å². The number of imidazole rings is 1. The third-order valence-electron chi connectivity index (χ3n) is 2.58. The number of halogens is 1. The van der Waals surface area contributed by atoms with Gasteiger partial charge in [-0.2, -0.15) is 0 Å². The normalized spacial score (nSPS) is 10.9. The minimum atomic E-state index is 0.385. The zero-order chi connectivity index (χ0) is 13.1. The average molecular weight is 308 g/mol. The van der Waals surface area contributed by atoms with Crippen molar-refractivity contribution in [1.82, 2.24) is 9.55 Å². The van der Waals surface area contributed by atoms with Crippen molar-refractivity contribution in [2.24, 2.45) is 0 Å². The summed E-state index contributed by atoms with van der Waals surface area (Å²) in [6.07, 6.45) is 2.08. The molecule has 0 saturated carbocycles. The molecule has 2 rings (SSSR count). The maximum absolute atomic E-state index is 4.51. The molecule has 0 amide bonds. The number of rotatable bonds is 4. The van der Waals surface area contributed by atoms with E-state index in [1.54, 1.807) is 0 Å². The van der Waals surface area contributed by atoms with Gasteiger partial charge in [-0.3, -0.25) is 0 Å². The minimum Gasteiger partial charge on any atom is -0.353 e. The number of aromatic nitrogens is 2. The van der Waals surface area contributed by atoms with E-state index in [9.17, 15) is 0 Å². The van der Waals surface area contributed by atoms with Crippen LogP contribution >= 0.6 is 15.9 Å². The van der Waals surface area contributed by atoms with Crippen LogP contribution < -0.4 is 5.32 Å². The molecular weight excluding hydrogens is 290 g/mol. The standard InChI is InChI=1S/C14H18BrN3/c1-10(2)16-14-17-11(3)8-18(14)9-12-4-6-13(15)7-5-12/h4-8,10H,9H2,1-3H3,(H,16,17). The highest BCUT2D eigenvalue weighted by atomic mass is 79.9. The highest BCUT2D eigenvalue weighted by Crippen LogP contribution is 2.15. The number of aryl methyl sites for hydroxylation is 1. The third kappa shape index (κ3) is 3.35. The van der Waals surface area contributed by atoms with Crippen molar-refractivity contribution in [2.75, 3.05) is 5.32 Å². The van der Waals surface area contributed by atoms with Gasteiger partial charge in [-0.25, -0.2) is 4.98 Å². The molecule has 0 atom stereocenters. The lowest BCUT2D eigenvalue weighted by molar-refractivity contribution is 0.773. The van der Waals surface area contributed by atoms with Gasteiger partial charge in [-0.1, -0.05) is 28.1 Å². The fraction of sp³-hybridized carbons (Fsp3) is 0.357. The predicted octanol–water partition coefficient (Wildman–Crippen LogP) is 3.82. The summed E-state index contributed by atoms with van der Waals surface area (Å²) in [5.74, 6) is 0.936.